The third-order valence-electron chi connectivity index (χ3n) is 5.30. The summed E-state index contributed by atoms with van der Waals surface area (Å²) in [6, 6.07) is 6.33. The Balaban J connectivity index is 1.57. The lowest BCUT2D eigenvalue weighted by Gasteiger charge is -2.29. The molecule has 29 heavy (non-hydrogen) atoms. The molecule has 1 atom stereocenters. The van der Waals surface area contributed by atoms with E-state index in [4.69, 9.17) is 9.15 Å². The number of ketones is 1. The molecule has 2 aromatic heterocycles. The minimum Gasteiger partial charge on any atom is -0.503 e. The predicted molar refractivity (Wildman–Crippen MR) is 108 cm³/mol. The molecule has 4 heterocycles. The standard InChI is InChI=1S/C21H24N2O5S/c1-14-5-6-15(28-14)18-17(19(24)16-4-2-13-29-16)20(25)21(26)23(18)8-3-7-22-9-11-27-12-10-22/h2,4-6,13,18,25H,3,7-12H2,1H3/t18-/m0/s1. The highest BCUT2D eigenvalue weighted by atomic mass is 32.1. The number of Topliss-reactive ketones (excluding diaryl/α,β-unsaturated/α-hetero) is 1. The topological polar surface area (TPSA) is 83.2 Å². The SMILES string of the molecule is Cc1ccc([C@H]2C(C(=O)c3cccs3)=C(O)C(=O)N2CCCN2CCOCC2)o1. The van der Waals surface area contributed by atoms with E-state index in [0.29, 0.717) is 22.9 Å². The highest BCUT2D eigenvalue weighted by molar-refractivity contribution is 7.12. The molecule has 0 aromatic carbocycles. The summed E-state index contributed by atoms with van der Waals surface area (Å²) in [5, 5.41) is 12.4. The number of rotatable bonds is 7. The van der Waals surface area contributed by atoms with Crippen LogP contribution in [0.15, 0.2) is 45.4 Å². The first-order valence-electron chi connectivity index (χ1n) is 9.75. The Kier molecular flexibility index (Phi) is 5.84. The first-order valence-corrected chi connectivity index (χ1v) is 10.6. The summed E-state index contributed by atoms with van der Waals surface area (Å²) in [6.45, 7) is 6.25. The fourth-order valence-electron chi connectivity index (χ4n) is 3.84. The average Bonchev–Trinajstić information content (AvgIpc) is 3.45. The smallest absolute Gasteiger partial charge is 0.290 e. The lowest BCUT2D eigenvalue weighted by molar-refractivity contribution is -0.129. The van der Waals surface area contributed by atoms with Crippen molar-refractivity contribution in [3.05, 3.63) is 57.4 Å². The molecule has 4 rings (SSSR count). The van der Waals surface area contributed by atoms with E-state index in [1.54, 1.807) is 34.5 Å². The molecule has 1 saturated heterocycles. The molecular weight excluding hydrogens is 392 g/mol. The second-order valence-electron chi connectivity index (χ2n) is 7.23. The number of aryl methyl sites for hydroxylation is 1. The number of morpholine rings is 1. The van der Waals surface area contributed by atoms with E-state index in [-0.39, 0.29) is 11.4 Å². The van der Waals surface area contributed by atoms with Gasteiger partial charge < -0.3 is 19.2 Å². The molecule has 1 fully saturated rings. The monoisotopic (exact) mass is 416 g/mol. The van der Waals surface area contributed by atoms with Crippen LogP contribution in [0.1, 0.15) is 33.7 Å². The number of hydrogen-bond donors (Lipinski definition) is 1. The molecule has 0 unspecified atom stereocenters. The second-order valence-corrected chi connectivity index (χ2v) is 8.17. The molecule has 1 amide bonds. The van der Waals surface area contributed by atoms with E-state index in [1.807, 2.05) is 6.92 Å². The third kappa shape index (κ3) is 4.01. The van der Waals surface area contributed by atoms with Crippen LogP contribution in [0.2, 0.25) is 0 Å². The highest BCUT2D eigenvalue weighted by Gasteiger charge is 2.45. The molecule has 8 heteroatoms. The average molecular weight is 416 g/mol. The van der Waals surface area contributed by atoms with Gasteiger partial charge in [0, 0.05) is 26.2 Å². The number of aliphatic hydroxyl groups excluding tert-OH is 1. The van der Waals surface area contributed by atoms with Crippen molar-refractivity contribution in [2.75, 3.05) is 39.4 Å². The van der Waals surface area contributed by atoms with Crippen LogP contribution < -0.4 is 0 Å². The normalized spacial score (nSPS) is 20.7. The fraction of sp³-hybridized carbons (Fsp3) is 0.429. The van der Waals surface area contributed by atoms with E-state index >= 15 is 0 Å². The summed E-state index contributed by atoms with van der Waals surface area (Å²) >= 11 is 1.29. The summed E-state index contributed by atoms with van der Waals surface area (Å²) in [7, 11) is 0. The van der Waals surface area contributed by atoms with Gasteiger partial charge in [-0.2, -0.15) is 0 Å². The fourth-order valence-corrected chi connectivity index (χ4v) is 4.52. The maximum Gasteiger partial charge on any atom is 0.290 e. The quantitative estimate of drug-likeness (QED) is 0.699. The molecule has 1 N–H and O–H groups in total. The van der Waals surface area contributed by atoms with Crippen LogP contribution in [0.25, 0.3) is 0 Å². The van der Waals surface area contributed by atoms with Gasteiger partial charge in [-0.1, -0.05) is 6.07 Å². The predicted octanol–water partition coefficient (Wildman–Crippen LogP) is 2.95. The van der Waals surface area contributed by atoms with E-state index in [0.717, 1.165) is 39.3 Å². The first kappa shape index (κ1) is 19.9. The Bertz CT molecular complexity index is 911. The Morgan fingerprint density at radius 3 is 2.69 bits per heavy atom. The van der Waals surface area contributed by atoms with Gasteiger partial charge in [-0.15, -0.1) is 11.3 Å². The third-order valence-corrected chi connectivity index (χ3v) is 6.17. The minimum absolute atomic E-state index is 0.0955. The van der Waals surface area contributed by atoms with E-state index in [2.05, 4.69) is 4.90 Å². The number of carbonyl (C=O) groups is 2. The summed E-state index contributed by atoms with van der Waals surface area (Å²) in [4.78, 5) is 30.3. The van der Waals surface area contributed by atoms with Crippen LogP contribution in [-0.4, -0.2) is 66.0 Å². The molecule has 2 aliphatic rings. The molecule has 0 radical (unpaired) electrons. The van der Waals surface area contributed by atoms with Gasteiger partial charge in [0.15, 0.2) is 5.76 Å². The molecule has 0 aliphatic carbocycles. The van der Waals surface area contributed by atoms with Gasteiger partial charge in [-0.05, 0) is 36.9 Å². The Labute approximate surface area is 173 Å². The maximum absolute atomic E-state index is 13.1. The zero-order valence-corrected chi connectivity index (χ0v) is 17.1. The summed E-state index contributed by atoms with van der Waals surface area (Å²) in [5.41, 5.74) is 0.0955. The van der Waals surface area contributed by atoms with Gasteiger partial charge in [-0.3, -0.25) is 14.5 Å². The number of nitrogens with zero attached hydrogens (tertiary/aromatic N) is 2. The van der Waals surface area contributed by atoms with Gasteiger partial charge in [-0.25, -0.2) is 0 Å². The Morgan fingerprint density at radius 1 is 1.24 bits per heavy atom. The molecule has 0 spiro atoms. The van der Waals surface area contributed by atoms with Crippen LogP contribution in [-0.2, 0) is 9.53 Å². The molecular formula is C21H24N2O5S. The number of carbonyl (C=O) groups excluding carboxylic acids is 2. The number of furan rings is 1. The van der Waals surface area contributed by atoms with Crippen molar-refractivity contribution in [3.8, 4) is 0 Å². The van der Waals surface area contributed by atoms with Crippen LogP contribution >= 0.6 is 11.3 Å². The lowest BCUT2D eigenvalue weighted by atomic mass is 10.00. The van der Waals surface area contributed by atoms with Gasteiger partial charge in [0.05, 0.1) is 23.7 Å². The van der Waals surface area contributed by atoms with Crippen LogP contribution in [0.5, 0.6) is 0 Å². The summed E-state index contributed by atoms with van der Waals surface area (Å²) < 4.78 is 11.1. The molecule has 0 bridgehead atoms. The molecule has 0 saturated carbocycles. The Morgan fingerprint density at radius 2 is 2.03 bits per heavy atom. The molecule has 2 aromatic rings. The van der Waals surface area contributed by atoms with Gasteiger partial charge >= 0.3 is 0 Å². The molecule has 7 nitrogen and oxygen atoms in total. The number of hydrogen-bond acceptors (Lipinski definition) is 7. The Hall–Kier alpha value is -2.42. The van der Waals surface area contributed by atoms with Crippen molar-refractivity contribution >= 4 is 23.0 Å². The van der Waals surface area contributed by atoms with Gasteiger partial charge in [0.2, 0.25) is 5.78 Å². The zero-order chi connectivity index (χ0) is 20.4. The first-order chi connectivity index (χ1) is 14.1. The van der Waals surface area contributed by atoms with Gasteiger partial charge in [0.1, 0.15) is 17.6 Å². The number of ether oxygens (including phenoxy) is 1. The highest BCUT2D eigenvalue weighted by Crippen LogP contribution is 2.40. The zero-order valence-electron chi connectivity index (χ0n) is 16.3. The van der Waals surface area contributed by atoms with Crippen molar-refractivity contribution < 1.29 is 23.8 Å². The molecule has 154 valence electrons. The van der Waals surface area contributed by atoms with Crippen molar-refractivity contribution in [1.29, 1.82) is 0 Å². The van der Waals surface area contributed by atoms with Gasteiger partial charge in [0.25, 0.3) is 5.91 Å². The number of amides is 1. The number of aliphatic hydroxyl groups is 1. The second kappa shape index (κ2) is 8.52. The van der Waals surface area contributed by atoms with Crippen LogP contribution in [0, 0.1) is 6.92 Å². The largest absolute Gasteiger partial charge is 0.503 e. The maximum atomic E-state index is 13.1. The van der Waals surface area contributed by atoms with Crippen LogP contribution in [0.3, 0.4) is 0 Å². The van der Waals surface area contributed by atoms with Crippen molar-refractivity contribution in [3.63, 3.8) is 0 Å². The van der Waals surface area contributed by atoms with Crippen molar-refractivity contribution in [1.82, 2.24) is 9.80 Å². The summed E-state index contributed by atoms with van der Waals surface area (Å²) in [6.07, 6.45) is 0.732. The lowest BCUT2D eigenvalue weighted by Crippen LogP contribution is -2.39. The van der Waals surface area contributed by atoms with E-state index in [1.165, 1.54) is 11.3 Å². The van der Waals surface area contributed by atoms with Crippen LogP contribution in [0.4, 0.5) is 0 Å². The summed E-state index contributed by atoms with van der Waals surface area (Å²) in [5.74, 6) is -0.151. The van der Waals surface area contributed by atoms with Crippen molar-refractivity contribution in [2.45, 2.75) is 19.4 Å². The van der Waals surface area contributed by atoms with E-state index < -0.39 is 17.7 Å². The van der Waals surface area contributed by atoms with Crippen molar-refractivity contribution in [2.24, 2.45) is 0 Å². The minimum atomic E-state index is -0.713. The van der Waals surface area contributed by atoms with E-state index in [9.17, 15) is 14.7 Å². The number of thiophene rings is 1. The molecule has 2 aliphatic heterocycles.